The molecule has 0 radical (unpaired) electrons. The number of nitrogens with zero attached hydrogens (tertiary/aromatic N) is 4. The van der Waals surface area contributed by atoms with E-state index in [-0.39, 0.29) is 0 Å². The fraction of sp³-hybridized carbons (Fsp3) is 0. The Morgan fingerprint density at radius 2 is 0.912 bits per heavy atom. The highest BCUT2D eigenvalue weighted by Crippen LogP contribution is 2.45. The molecule has 11 rings (SSSR count). The van der Waals surface area contributed by atoms with Gasteiger partial charge in [0.05, 0.1) is 11.4 Å². The summed E-state index contributed by atoms with van der Waals surface area (Å²) >= 11 is 0. The Hall–Kier alpha value is -7.83. The van der Waals surface area contributed by atoms with Crippen molar-refractivity contribution >= 4 is 60.9 Å². The first kappa shape index (κ1) is 32.6. The van der Waals surface area contributed by atoms with Crippen LogP contribution in [0.4, 0.5) is 17.1 Å². The molecule has 8 aromatic carbocycles. The van der Waals surface area contributed by atoms with Crippen LogP contribution in [0.1, 0.15) is 0 Å². The van der Waals surface area contributed by atoms with E-state index in [1.165, 1.54) is 5.56 Å². The fourth-order valence-corrected chi connectivity index (χ4v) is 7.84. The monoisotopic (exact) mass is 732 g/mol. The summed E-state index contributed by atoms with van der Waals surface area (Å²) in [5.74, 6) is 1.80. The molecule has 0 amide bonds. The van der Waals surface area contributed by atoms with Crippen molar-refractivity contribution in [1.82, 2.24) is 15.0 Å². The standard InChI is InChI=1S/C51H32N4O2/c1-4-14-33(15-5-1)34-26-28-37(29-27-34)55(43-23-12-21-40-39-20-10-11-24-44(39)57-48(40)43)38-30-31-41-46(32-38)56-45-25-13-22-42(47(41)45)51-53-49(35-16-6-2-7-17-35)52-50(54-51)36-18-8-3-9-19-36/h1-32H. The Labute approximate surface area is 328 Å². The maximum Gasteiger partial charge on any atom is 0.164 e. The maximum absolute atomic E-state index is 6.70. The van der Waals surface area contributed by atoms with Crippen molar-refractivity contribution in [2.45, 2.75) is 0 Å². The van der Waals surface area contributed by atoms with Gasteiger partial charge in [-0.15, -0.1) is 0 Å². The first-order valence-corrected chi connectivity index (χ1v) is 18.9. The Kier molecular flexibility index (Phi) is 7.71. The van der Waals surface area contributed by atoms with Crippen molar-refractivity contribution in [1.29, 1.82) is 0 Å². The van der Waals surface area contributed by atoms with Crippen LogP contribution in [-0.4, -0.2) is 15.0 Å². The van der Waals surface area contributed by atoms with Crippen LogP contribution in [0.5, 0.6) is 0 Å². The molecule has 0 unspecified atom stereocenters. The summed E-state index contributed by atoms with van der Waals surface area (Å²) in [6, 6.07) is 66.2. The van der Waals surface area contributed by atoms with Gasteiger partial charge in [-0.1, -0.05) is 146 Å². The van der Waals surface area contributed by atoms with Gasteiger partial charge in [0.25, 0.3) is 0 Å². The molecule has 0 bridgehead atoms. The van der Waals surface area contributed by atoms with E-state index in [4.69, 9.17) is 23.8 Å². The minimum atomic E-state index is 0.580. The van der Waals surface area contributed by atoms with Gasteiger partial charge >= 0.3 is 0 Å². The predicted molar refractivity (Wildman–Crippen MR) is 231 cm³/mol. The molecule has 268 valence electrons. The normalized spacial score (nSPS) is 11.5. The molecule has 0 aliphatic heterocycles. The molecule has 0 spiro atoms. The fourth-order valence-electron chi connectivity index (χ4n) is 7.84. The van der Waals surface area contributed by atoms with Gasteiger partial charge in [-0.2, -0.15) is 0 Å². The molecule has 11 aromatic rings. The Morgan fingerprint density at radius 1 is 0.351 bits per heavy atom. The molecule has 6 nitrogen and oxygen atoms in total. The van der Waals surface area contributed by atoms with Crippen molar-refractivity contribution in [3.63, 3.8) is 0 Å². The molecule has 0 N–H and O–H groups in total. The lowest BCUT2D eigenvalue weighted by molar-refractivity contribution is 0.667. The van der Waals surface area contributed by atoms with Crippen molar-refractivity contribution in [3.8, 4) is 45.3 Å². The van der Waals surface area contributed by atoms with Gasteiger partial charge in [0.2, 0.25) is 0 Å². The summed E-state index contributed by atoms with van der Waals surface area (Å²) in [6.07, 6.45) is 0. The highest BCUT2D eigenvalue weighted by molar-refractivity contribution is 6.14. The molecule has 0 aliphatic rings. The lowest BCUT2D eigenvalue weighted by Crippen LogP contribution is -2.10. The second-order valence-electron chi connectivity index (χ2n) is 14.0. The molecule has 0 atom stereocenters. The number of rotatable bonds is 7. The zero-order valence-electron chi connectivity index (χ0n) is 30.6. The minimum Gasteiger partial charge on any atom is -0.456 e. The summed E-state index contributed by atoms with van der Waals surface area (Å²) < 4.78 is 13.3. The van der Waals surface area contributed by atoms with Crippen molar-refractivity contribution < 1.29 is 8.83 Å². The Morgan fingerprint density at radius 3 is 1.63 bits per heavy atom. The molecule has 0 saturated heterocycles. The van der Waals surface area contributed by atoms with E-state index in [0.29, 0.717) is 17.5 Å². The SMILES string of the molecule is c1ccc(-c2ccc(N(c3ccc4c(c3)oc3cccc(-c5nc(-c6ccccc6)nc(-c6ccccc6)n5)c34)c3cccc4c3oc3ccccc34)cc2)cc1. The van der Waals surface area contributed by atoms with E-state index >= 15 is 0 Å². The van der Waals surface area contributed by atoms with Gasteiger partial charge in [0, 0.05) is 50.0 Å². The number of anilines is 3. The molecule has 3 aromatic heterocycles. The number of hydrogen-bond acceptors (Lipinski definition) is 6. The third kappa shape index (κ3) is 5.70. The first-order valence-electron chi connectivity index (χ1n) is 18.9. The topological polar surface area (TPSA) is 68.2 Å². The van der Waals surface area contributed by atoms with Crippen molar-refractivity contribution in [3.05, 3.63) is 194 Å². The zero-order chi connectivity index (χ0) is 37.7. The number of para-hydroxylation sites is 2. The number of aromatic nitrogens is 3. The number of furan rings is 2. The van der Waals surface area contributed by atoms with Gasteiger partial charge in [0.15, 0.2) is 23.1 Å². The maximum atomic E-state index is 6.70. The van der Waals surface area contributed by atoms with Crippen LogP contribution in [0.3, 0.4) is 0 Å². The van der Waals surface area contributed by atoms with E-state index in [0.717, 1.165) is 83.2 Å². The van der Waals surface area contributed by atoms with Crippen molar-refractivity contribution in [2.75, 3.05) is 4.90 Å². The minimum absolute atomic E-state index is 0.580. The van der Waals surface area contributed by atoms with Crippen LogP contribution in [0, 0.1) is 0 Å². The predicted octanol–water partition coefficient (Wildman–Crippen LogP) is 13.8. The number of benzene rings is 8. The second kappa shape index (κ2) is 13.5. The van der Waals surface area contributed by atoms with E-state index in [1.54, 1.807) is 0 Å². The molecular weight excluding hydrogens is 701 g/mol. The molecular formula is C51H32N4O2. The summed E-state index contributed by atoms with van der Waals surface area (Å²) in [5.41, 5.74) is 11.0. The van der Waals surface area contributed by atoms with Gasteiger partial charge in [-0.3, -0.25) is 0 Å². The van der Waals surface area contributed by atoms with E-state index in [1.807, 2.05) is 91.0 Å². The molecule has 0 aliphatic carbocycles. The largest absolute Gasteiger partial charge is 0.456 e. The molecule has 3 heterocycles. The quantitative estimate of drug-likeness (QED) is 0.162. The molecule has 57 heavy (non-hydrogen) atoms. The van der Waals surface area contributed by atoms with Crippen LogP contribution in [0.25, 0.3) is 89.2 Å². The zero-order valence-corrected chi connectivity index (χ0v) is 30.6. The van der Waals surface area contributed by atoms with Crippen LogP contribution in [0.15, 0.2) is 203 Å². The lowest BCUT2D eigenvalue weighted by atomic mass is 10.0. The van der Waals surface area contributed by atoms with E-state index in [2.05, 4.69) is 108 Å². The average molecular weight is 733 g/mol. The molecule has 0 fully saturated rings. The van der Waals surface area contributed by atoms with E-state index in [9.17, 15) is 0 Å². The smallest absolute Gasteiger partial charge is 0.164 e. The highest BCUT2D eigenvalue weighted by atomic mass is 16.3. The summed E-state index contributed by atoms with van der Waals surface area (Å²) in [6.45, 7) is 0. The number of hydrogen-bond donors (Lipinski definition) is 0. The third-order valence-corrected chi connectivity index (χ3v) is 10.5. The van der Waals surface area contributed by atoms with Crippen LogP contribution in [0.2, 0.25) is 0 Å². The van der Waals surface area contributed by atoms with Crippen LogP contribution in [-0.2, 0) is 0 Å². The van der Waals surface area contributed by atoms with E-state index < -0.39 is 0 Å². The highest BCUT2D eigenvalue weighted by Gasteiger charge is 2.22. The van der Waals surface area contributed by atoms with Crippen LogP contribution >= 0.6 is 0 Å². The third-order valence-electron chi connectivity index (χ3n) is 10.5. The number of fused-ring (bicyclic) bond motifs is 6. The van der Waals surface area contributed by atoms with Gasteiger partial charge < -0.3 is 13.7 Å². The Bertz CT molecular complexity index is 3170. The summed E-state index contributed by atoms with van der Waals surface area (Å²) in [5, 5.41) is 4.05. The molecule has 0 saturated carbocycles. The van der Waals surface area contributed by atoms with Gasteiger partial charge in [-0.05, 0) is 53.6 Å². The Balaban J connectivity index is 1.09. The first-order chi connectivity index (χ1) is 28.2. The van der Waals surface area contributed by atoms with Gasteiger partial charge in [0.1, 0.15) is 16.7 Å². The summed E-state index contributed by atoms with van der Waals surface area (Å²) in [7, 11) is 0. The average Bonchev–Trinajstić information content (AvgIpc) is 3.86. The van der Waals surface area contributed by atoms with Crippen molar-refractivity contribution in [2.24, 2.45) is 0 Å². The molecule has 6 heteroatoms. The lowest BCUT2D eigenvalue weighted by Gasteiger charge is -2.25. The summed E-state index contributed by atoms with van der Waals surface area (Å²) in [4.78, 5) is 17.3. The second-order valence-corrected chi connectivity index (χ2v) is 14.0. The van der Waals surface area contributed by atoms with Gasteiger partial charge in [-0.25, -0.2) is 15.0 Å². The van der Waals surface area contributed by atoms with Crippen LogP contribution < -0.4 is 4.90 Å².